The van der Waals surface area contributed by atoms with Gasteiger partial charge >= 0.3 is 6.18 Å². The number of benzene rings is 1. The molecule has 0 spiro atoms. The molecule has 1 unspecified atom stereocenters. The van der Waals surface area contributed by atoms with Crippen LogP contribution < -0.4 is 5.32 Å². The highest BCUT2D eigenvalue weighted by molar-refractivity contribution is 7.84. The third-order valence-corrected chi connectivity index (χ3v) is 2.58. The zero-order valence-corrected chi connectivity index (χ0v) is 8.78. The molecule has 0 aliphatic rings. The lowest BCUT2D eigenvalue weighted by molar-refractivity contribution is -0.115. The van der Waals surface area contributed by atoms with Crippen molar-refractivity contribution >= 4 is 16.5 Å². The summed E-state index contributed by atoms with van der Waals surface area (Å²) in [6, 6.07) is 6.12. The van der Waals surface area contributed by atoms with E-state index in [0.29, 0.717) is 10.6 Å². The van der Waals surface area contributed by atoms with E-state index in [-0.39, 0.29) is 0 Å². The van der Waals surface area contributed by atoms with Gasteiger partial charge in [0.15, 0.2) is 0 Å². The summed E-state index contributed by atoms with van der Waals surface area (Å²) >= 11 is 0. The van der Waals surface area contributed by atoms with Crippen LogP contribution in [0.15, 0.2) is 29.2 Å². The Labute approximate surface area is 87.9 Å². The van der Waals surface area contributed by atoms with Crippen molar-refractivity contribution in [2.24, 2.45) is 0 Å². The summed E-state index contributed by atoms with van der Waals surface area (Å²) < 4.78 is 46.7. The van der Waals surface area contributed by atoms with Gasteiger partial charge in [-0.2, -0.15) is 13.2 Å². The van der Waals surface area contributed by atoms with Gasteiger partial charge < -0.3 is 5.32 Å². The number of anilines is 1. The number of hydrogen-bond acceptors (Lipinski definition) is 2. The van der Waals surface area contributed by atoms with Crippen LogP contribution in [0.5, 0.6) is 0 Å². The van der Waals surface area contributed by atoms with Crippen LogP contribution in [0, 0.1) is 0 Å². The lowest BCUT2D eigenvalue weighted by Gasteiger charge is -2.09. The molecule has 0 amide bonds. The first kappa shape index (κ1) is 12.0. The molecule has 0 bridgehead atoms. The second kappa shape index (κ2) is 4.65. The zero-order valence-electron chi connectivity index (χ0n) is 7.97. The average Bonchev–Trinajstić information content (AvgIpc) is 2.14. The lowest BCUT2D eigenvalue weighted by atomic mass is 10.3. The third-order valence-electron chi connectivity index (χ3n) is 1.66. The van der Waals surface area contributed by atoms with Crippen molar-refractivity contribution in [3.8, 4) is 0 Å². The quantitative estimate of drug-likeness (QED) is 0.874. The van der Waals surface area contributed by atoms with E-state index < -0.39 is 23.5 Å². The standard InChI is InChI=1S/C9H10F3NOS/c1-15(14)8-4-2-3-7(5-8)13-6-9(10,11)12/h2-5,13H,6H2,1H3. The van der Waals surface area contributed by atoms with E-state index in [1.807, 2.05) is 0 Å². The first-order valence-corrected chi connectivity index (χ1v) is 5.68. The van der Waals surface area contributed by atoms with Gasteiger partial charge in [0.1, 0.15) is 6.54 Å². The fraction of sp³-hybridized carbons (Fsp3) is 0.333. The summed E-state index contributed by atoms with van der Waals surface area (Å²) in [6.07, 6.45) is -2.77. The van der Waals surface area contributed by atoms with Gasteiger partial charge in [0.25, 0.3) is 0 Å². The predicted octanol–water partition coefficient (Wildman–Crippen LogP) is 2.40. The van der Waals surface area contributed by atoms with E-state index in [9.17, 15) is 17.4 Å². The minimum atomic E-state index is -4.25. The Kier molecular flexibility index (Phi) is 3.73. The summed E-state index contributed by atoms with van der Waals surface area (Å²) in [6.45, 7) is -1.09. The molecule has 1 N–H and O–H groups in total. The zero-order chi connectivity index (χ0) is 11.5. The van der Waals surface area contributed by atoms with E-state index >= 15 is 0 Å². The molecular formula is C9H10F3NOS. The van der Waals surface area contributed by atoms with E-state index in [1.165, 1.54) is 18.4 Å². The molecule has 1 aromatic carbocycles. The fourth-order valence-electron chi connectivity index (χ4n) is 0.987. The smallest absolute Gasteiger partial charge is 0.376 e. The predicted molar refractivity (Wildman–Crippen MR) is 53.3 cm³/mol. The maximum Gasteiger partial charge on any atom is 0.405 e. The van der Waals surface area contributed by atoms with Crippen LogP contribution in [0.4, 0.5) is 18.9 Å². The number of nitrogens with one attached hydrogen (secondary N) is 1. The second-order valence-electron chi connectivity index (χ2n) is 2.95. The molecule has 2 nitrogen and oxygen atoms in total. The van der Waals surface area contributed by atoms with Gasteiger partial charge in [-0.15, -0.1) is 0 Å². The van der Waals surface area contributed by atoms with Gasteiger partial charge in [-0.3, -0.25) is 4.21 Å². The van der Waals surface area contributed by atoms with E-state index in [0.717, 1.165) is 0 Å². The Balaban J connectivity index is 2.70. The van der Waals surface area contributed by atoms with Gasteiger partial charge in [-0.05, 0) is 18.2 Å². The van der Waals surface area contributed by atoms with Crippen LogP contribution in [-0.4, -0.2) is 23.2 Å². The highest BCUT2D eigenvalue weighted by atomic mass is 32.2. The van der Waals surface area contributed by atoms with Crippen LogP contribution in [0.25, 0.3) is 0 Å². The minimum Gasteiger partial charge on any atom is -0.376 e. The molecule has 15 heavy (non-hydrogen) atoms. The molecule has 0 heterocycles. The summed E-state index contributed by atoms with van der Waals surface area (Å²) in [5.74, 6) is 0. The molecule has 6 heteroatoms. The Morgan fingerprint density at radius 3 is 2.60 bits per heavy atom. The largest absolute Gasteiger partial charge is 0.405 e. The van der Waals surface area contributed by atoms with Crippen LogP contribution in [-0.2, 0) is 10.8 Å². The van der Waals surface area contributed by atoms with E-state index in [2.05, 4.69) is 5.32 Å². The summed E-state index contributed by atoms with van der Waals surface area (Å²) in [7, 11) is -1.19. The van der Waals surface area contributed by atoms with Gasteiger partial charge in [-0.1, -0.05) is 6.07 Å². The van der Waals surface area contributed by atoms with Crippen molar-refractivity contribution in [3.05, 3.63) is 24.3 Å². The summed E-state index contributed by atoms with van der Waals surface area (Å²) in [4.78, 5) is 0.502. The van der Waals surface area contributed by atoms with Crippen LogP contribution in [0.3, 0.4) is 0 Å². The first-order chi connectivity index (χ1) is 6.88. The summed E-state index contributed by atoms with van der Waals surface area (Å²) in [5.41, 5.74) is 0.319. The molecule has 0 aliphatic heterocycles. The van der Waals surface area contributed by atoms with Crippen molar-refractivity contribution < 1.29 is 17.4 Å². The Hall–Kier alpha value is -1.04. The molecule has 0 saturated carbocycles. The van der Waals surface area contributed by atoms with E-state index in [4.69, 9.17) is 0 Å². The van der Waals surface area contributed by atoms with Gasteiger partial charge in [0.05, 0.1) is 0 Å². The highest BCUT2D eigenvalue weighted by Gasteiger charge is 2.26. The number of rotatable bonds is 3. The molecule has 1 aromatic rings. The summed E-state index contributed by atoms with van der Waals surface area (Å²) in [5, 5.41) is 2.22. The van der Waals surface area contributed by atoms with Crippen molar-refractivity contribution in [3.63, 3.8) is 0 Å². The van der Waals surface area contributed by atoms with Crippen molar-refractivity contribution in [2.75, 3.05) is 18.1 Å². The van der Waals surface area contributed by atoms with Crippen molar-refractivity contribution in [1.29, 1.82) is 0 Å². The molecule has 0 saturated heterocycles. The number of alkyl halides is 3. The van der Waals surface area contributed by atoms with Crippen molar-refractivity contribution in [1.82, 2.24) is 0 Å². The average molecular weight is 237 g/mol. The molecule has 0 aromatic heterocycles. The fourth-order valence-corrected chi connectivity index (χ4v) is 1.55. The SMILES string of the molecule is CS(=O)c1cccc(NCC(F)(F)F)c1. The topological polar surface area (TPSA) is 29.1 Å². The Morgan fingerprint density at radius 2 is 2.07 bits per heavy atom. The molecule has 84 valence electrons. The third kappa shape index (κ3) is 4.33. The molecule has 1 rings (SSSR count). The Morgan fingerprint density at radius 1 is 1.40 bits per heavy atom. The van der Waals surface area contributed by atoms with Gasteiger partial charge in [0.2, 0.25) is 0 Å². The molecule has 1 atom stereocenters. The molecular weight excluding hydrogens is 227 g/mol. The second-order valence-corrected chi connectivity index (χ2v) is 4.33. The Bertz CT molecular complexity index is 365. The van der Waals surface area contributed by atoms with E-state index in [1.54, 1.807) is 12.1 Å². The van der Waals surface area contributed by atoms with Crippen LogP contribution in [0.1, 0.15) is 0 Å². The monoisotopic (exact) mass is 237 g/mol. The minimum absolute atomic E-state index is 0.319. The normalized spacial score (nSPS) is 13.6. The lowest BCUT2D eigenvalue weighted by Crippen LogP contribution is -2.21. The van der Waals surface area contributed by atoms with Gasteiger partial charge in [-0.25, -0.2) is 0 Å². The first-order valence-electron chi connectivity index (χ1n) is 4.12. The highest BCUT2D eigenvalue weighted by Crippen LogP contribution is 2.18. The van der Waals surface area contributed by atoms with Gasteiger partial charge in [0, 0.05) is 27.6 Å². The van der Waals surface area contributed by atoms with Crippen molar-refractivity contribution in [2.45, 2.75) is 11.1 Å². The van der Waals surface area contributed by atoms with Crippen LogP contribution in [0.2, 0.25) is 0 Å². The number of halogens is 3. The number of hydrogen-bond donors (Lipinski definition) is 1. The molecule has 0 radical (unpaired) electrons. The van der Waals surface area contributed by atoms with Crippen LogP contribution >= 0.6 is 0 Å². The maximum absolute atomic E-state index is 11.9. The molecule has 0 aliphatic carbocycles. The molecule has 0 fully saturated rings. The maximum atomic E-state index is 11.9.